The Kier molecular flexibility index (Phi) is 3.67. The Morgan fingerprint density at radius 2 is 1.78 bits per heavy atom. The number of hydrogen-bond acceptors (Lipinski definition) is 4. The molecule has 0 saturated heterocycles. The summed E-state index contributed by atoms with van der Waals surface area (Å²) in [5.41, 5.74) is 7.41. The monoisotopic (exact) mass is 244 g/mol. The molecule has 2 N–H and O–H groups in total. The van der Waals surface area contributed by atoms with E-state index in [1.807, 2.05) is 44.2 Å². The van der Waals surface area contributed by atoms with E-state index in [4.69, 9.17) is 15.2 Å². The van der Waals surface area contributed by atoms with E-state index in [0.717, 1.165) is 11.3 Å². The molecule has 1 aromatic heterocycles. The molecular weight excluding hydrogens is 228 g/mol. The summed E-state index contributed by atoms with van der Waals surface area (Å²) < 4.78 is 11.0. The highest BCUT2D eigenvalue weighted by Gasteiger charge is 2.05. The van der Waals surface area contributed by atoms with E-state index >= 15 is 0 Å². The third kappa shape index (κ3) is 2.71. The molecule has 1 aromatic carbocycles. The maximum atomic E-state index is 5.90. The Bertz CT molecular complexity index is 524. The number of aryl methyl sites for hydroxylation is 1. The molecule has 0 saturated carbocycles. The maximum Gasteiger partial charge on any atom is 0.242 e. The number of pyridine rings is 1. The Morgan fingerprint density at radius 3 is 2.44 bits per heavy atom. The molecule has 0 aliphatic heterocycles. The zero-order valence-electron chi connectivity index (χ0n) is 10.5. The normalized spacial score (nSPS) is 10.1. The molecule has 1 heterocycles. The van der Waals surface area contributed by atoms with Crippen molar-refractivity contribution in [1.29, 1.82) is 0 Å². The quantitative estimate of drug-likeness (QED) is 0.897. The second-order valence-corrected chi connectivity index (χ2v) is 3.85. The molecule has 0 amide bonds. The van der Waals surface area contributed by atoms with Crippen molar-refractivity contribution in [2.24, 2.45) is 0 Å². The van der Waals surface area contributed by atoms with Crippen molar-refractivity contribution in [3.8, 4) is 17.4 Å². The highest BCUT2D eigenvalue weighted by molar-refractivity contribution is 5.55. The van der Waals surface area contributed by atoms with Crippen LogP contribution < -0.4 is 15.2 Å². The predicted octanol–water partition coefficient (Wildman–Crippen LogP) is 3.16. The fourth-order valence-electron chi connectivity index (χ4n) is 1.51. The van der Waals surface area contributed by atoms with Gasteiger partial charge in [0.05, 0.1) is 12.3 Å². The van der Waals surface area contributed by atoms with Gasteiger partial charge in [-0.2, -0.15) is 0 Å². The highest BCUT2D eigenvalue weighted by Crippen LogP contribution is 2.28. The summed E-state index contributed by atoms with van der Waals surface area (Å²) in [4.78, 5) is 4.11. The van der Waals surface area contributed by atoms with Gasteiger partial charge in [-0.15, -0.1) is 0 Å². The van der Waals surface area contributed by atoms with E-state index in [2.05, 4.69) is 4.98 Å². The van der Waals surface area contributed by atoms with Gasteiger partial charge in [0.1, 0.15) is 11.5 Å². The van der Waals surface area contributed by atoms with Crippen LogP contribution in [0.15, 0.2) is 36.5 Å². The molecule has 4 heteroatoms. The van der Waals surface area contributed by atoms with E-state index in [9.17, 15) is 0 Å². The SMILES string of the molecule is CCOc1ccc(Oc2nccc(C)c2N)cc1. The average molecular weight is 244 g/mol. The van der Waals surface area contributed by atoms with E-state index in [1.54, 1.807) is 6.20 Å². The number of aromatic nitrogens is 1. The number of ether oxygens (including phenoxy) is 2. The van der Waals surface area contributed by atoms with Crippen molar-refractivity contribution in [3.05, 3.63) is 42.1 Å². The van der Waals surface area contributed by atoms with Crippen molar-refractivity contribution < 1.29 is 9.47 Å². The van der Waals surface area contributed by atoms with Gasteiger partial charge < -0.3 is 15.2 Å². The first-order valence-corrected chi connectivity index (χ1v) is 5.82. The first kappa shape index (κ1) is 12.2. The Balaban J connectivity index is 2.16. The maximum absolute atomic E-state index is 5.90. The minimum Gasteiger partial charge on any atom is -0.494 e. The molecule has 0 aliphatic rings. The van der Waals surface area contributed by atoms with Crippen molar-refractivity contribution in [1.82, 2.24) is 4.98 Å². The predicted molar refractivity (Wildman–Crippen MR) is 71.1 cm³/mol. The molecule has 2 aromatic rings. The van der Waals surface area contributed by atoms with Crippen LogP contribution in [0.3, 0.4) is 0 Å². The van der Waals surface area contributed by atoms with Crippen molar-refractivity contribution in [3.63, 3.8) is 0 Å². The van der Waals surface area contributed by atoms with Gasteiger partial charge in [-0.3, -0.25) is 0 Å². The first-order chi connectivity index (χ1) is 8.70. The van der Waals surface area contributed by atoms with Crippen LogP contribution in [-0.2, 0) is 0 Å². The highest BCUT2D eigenvalue weighted by atomic mass is 16.5. The third-order valence-electron chi connectivity index (χ3n) is 2.52. The standard InChI is InChI=1S/C14H16N2O2/c1-3-17-11-4-6-12(7-5-11)18-14-13(15)10(2)8-9-16-14/h4-9H,3,15H2,1-2H3. The summed E-state index contributed by atoms with van der Waals surface area (Å²) in [6.45, 7) is 4.51. The van der Waals surface area contributed by atoms with E-state index in [1.165, 1.54) is 0 Å². The number of rotatable bonds is 4. The van der Waals surface area contributed by atoms with Crippen LogP contribution >= 0.6 is 0 Å². The molecule has 0 atom stereocenters. The van der Waals surface area contributed by atoms with Gasteiger partial charge in [-0.1, -0.05) is 0 Å². The summed E-state index contributed by atoms with van der Waals surface area (Å²) in [5, 5.41) is 0. The van der Waals surface area contributed by atoms with E-state index in [0.29, 0.717) is 23.9 Å². The minimum absolute atomic E-state index is 0.430. The van der Waals surface area contributed by atoms with Crippen LogP contribution in [-0.4, -0.2) is 11.6 Å². The van der Waals surface area contributed by atoms with E-state index < -0.39 is 0 Å². The van der Waals surface area contributed by atoms with Crippen LogP contribution in [0.1, 0.15) is 12.5 Å². The number of nitrogen functional groups attached to an aromatic ring is 1. The smallest absolute Gasteiger partial charge is 0.242 e. The van der Waals surface area contributed by atoms with Crippen LogP contribution in [0, 0.1) is 6.92 Å². The lowest BCUT2D eigenvalue weighted by Gasteiger charge is -2.09. The third-order valence-corrected chi connectivity index (χ3v) is 2.52. The van der Waals surface area contributed by atoms with Gasteiger partial charge >= 0.3 is 0 Å². The van der Waals surface area contributed by atoms with E-state index in [-0.39, 0.29) is 0 Å². The lowest BCUT2D eigenvalue weighted by Crippen LogP contribution is -1.97. The van der Waals surface area contributed by atoms with Gasteiger partial charge in [0.25, 0.3) is 0 Å². The van der Waals surface area contributed by atoms with Gasteiger partial charge in [0.15, 0.2) is 0 Å². The molecule has 0 fully saturated rings. The molecule has 0 unspecified atom stereocenters. The number of benzene rings is 1. The lowest BCUT2D eigenvalue weighted by molar-refractivity contribution is 0.339. The average Bonchev–Trinajstić information content (AvgIpc) is 2.38. The minimum atomic E-state index is 0.430. The Morgan fingerprint density at radius 1 is 1.11 bits per heavy atom. The Labute approximate surface area is 106 Å². The molecule has 0 radical (unpaired) electrons. The second-order valence-electron chi connectivity index (χ2n) is 3.85. The zero-order chi connectivity index (χ0) is 13.0. The van der Waals surface area contributed by atoms with Crippen molar-refractivity contribution >= 4 is 5.69 Å². The molecule has 0 aliphatic carbocycles. The van der Waals surface area contributed by atoms with Crippen LogP contribution in [0.25, 0.3) is 0 Å². The molecule has 0 bridgehead atoms. The van der Waals surface area contributed by atoms with Crippen LogP contribution in [0.5, 0.6) is 17.4 Å². The topological polar surface area (TPSA) is 57.4 Å². The van der Waals surface area contributed by atoms with Gasteiger partial charge in [0.2, 0.25) is 5.88 Å². The summed E-state index contributed by atoms with van der Waals surface area (Å²) in [6.07, 6.45) is 1.68. The summed E-state index contributed by atoms with van der Waals surface area (Å²) in [5.74, 6) is 1.93. The van der Waals surface area contributed by atoms with Gasteiger partial charge in [0, 0.05) is 6.20 Å². The summed E-state index contributed by atoms with van der Waals surface area (Å²) in [7, 11) is 0. The molecule has 94 valence electrons. The molecule has 4 nitrogen and oxygen atoms in total. The number of nitrogens with zero attached hydrogens (tertiary/aromatic N) is 1. The fraction of sp³-hybridized carbons (Fsp3) is 0.214. The number of nitrogens with two attached hydrogens (primary N) is 1. The fourth-order valence-corrected chi connectivity index (χ4v) is 1.51. The summed E-state index contributed by atoms with van der Waals surface area (Å²) >= 11 is 0. The van der Waals surface area contributed by atoms with Gasteiger partial charge in [-0.05, 0) is 49.7 Å². The summed E-state index contributed by atoms with van der Waals surface area (Å²) in [6, 6.07) is 9.21. The molecule has 2 rings (SSSR count). The molecule has 0 spiro atoms. The second kappa shape index (κ2) is 5.40. The Hall–Kier alpha value is -2.23. The van der Waals surface area contributed by atoms with Crippen LogP contribution in [0.4, 0.5) is 5.69 Å². The number of anilines is 1. The largest absolute Gasteiger partial charge is 0.494 e. The van der Waals surface area contributed by atoms with Crippen LogP contribution in [0.2, 0.25) is 0 Å². The number of hydrogen-bond donors (Lipinski definition) is 1. The van der Waals surface area contributed by atoms with Crippen molar-refractivity contribution in [2.45, 2.75) is 13.8 Å². The first-order valence-electron chi connectivity index (χ1n) is 5.82. The van der Waals surface area contributed by atoms with Crippen molar-refractivity contribution in [2.75, 3.05) is 12.3 Å². The zero-order valence-corrected chi connectivity index (χ0v) is 10.5. The lowest BCUT2D eigenvalue weighted by atomic mass is 10.2. The van der Waals surface area contributed by atoms with Gasteiger partial charge in [-0.25, -0.2) is 4.98 Å². The molecule has 18 heavy (non-hydrogen) atoms. The molecular formula is C14H16N2O2.